The van der Waals surface area contributed by atoms with Gasteiger partial charge >= 0.3 is 5.97 Å². The van der Waals surface area contributed by atoms with E-state index in [1.807, 2.05) is 31.8 Å². The zero-order chi connectivity index (χ0) is 18.1. The van der Waals surface area contributed by atoms with Gasteiger partial charge in [0.1, 0.15) is 5.00 Å². The van der Waals surface area contributed by atoms with Crippen LogP contribution in [0.4, 0.5) is 5.00 Å². The maximum atomic E-state index is 12.2. The molecular formula is C17H22N4O2S2. The molecule has 0 saturated carbocycles. The van der Waals surface area contributed by atoms with Gasteiger partial charge in [-0.25, -0.2) is 4.79 Å². The smallest absolute Gasteiger partial charge is 0.341 e. The number of aromatic nitrogens is 2. The number of nitrogens with zero attached hydrogens (tertiary/aromatic N) is 2. The number of hydrogen-bond acceptors (Lipinski definition) is 5. The second kappa shape index (κ2) is 7.13. The lowest BCUT2D eigenvalue weighted by molar-refractivity contribution is 0.0601. The highest BCUT2D eigenvalue weighted by atomic mass is 32.1. The first kappa shape index (κ1) is 17.9. The molecule has 8 heteroatoms. The minimum Gasteiger partial charge on any atom is -0.465 e. The van der Waals surface area contributed by atoms with Crippen molar-refractivity contribution in [1.29, 1.82) is 0 Å². The van der Waals surface area contributed by atoms with Gasteiger partial charge < -0.3 is 15.4 Å². The van der Waals surface area contributed by atoms with Crippen LogP contribution in [0.2, 0.25) is 0 Å². The van der Waals surface area contributed by atoms with Crippen molar-refractivity contribution in [3.8, 4) is 0 Å². The van der Waals surface area contributed by atoms with Gasteiger partial charge in [0.2, 0.25) is 0 Å². The maximum Gasteiger partial charge on any atom is 0.341 e. The fourth-order valence-electron chi connectivity index (χ4n) is 3.16. The largest absolute Gasteiger partial charge is 0.465 e. The quantitative estimate of drug-likeness (QED) is 0.629. The first-order valence-electron chi connectivity index (χ1n) is 8.21. The van der Waals surface area contributed by atoms with E-state index in [1.165, 1.54) is 12.0 Å². The Hall–Kier alpha value is -1.93. The predicted octanol–water partition coefficient (Wildman–Crippen LogP) is 3.11. The molecule has 0 saturated heterocycles. The Morgan fingerprint density at radius 1 is 1.48 bits per heavy atom. The van der Waals surface area contributed by atoms with Gasteiger partial charge in [0.05, 0.1) is 24.9 Å². The van der Waals surface area contributed by atoms with Crippen molar-refractivity contribution in [2.45, 2.75) is 39.2 Å². The highest BCUT2D eigenvalue weighted by Crippen LogP contribution is 2.39. The molecule has 6 nitrogen and oxygen atoms in total. The summed E-state index contributed by atoms with van der Waals surface area (Å²) in [6.07, 6.45) is 4.86. The average Bonchev–Trinajstić information content (AvgIpc) is 3.22. The predicted molar refractivity (Wildman–Crippen MR) is 103 cm³/mol. The SMILES string of the molecule is COC(=O)c1c(NC(=S)NC(C)c2cnn(C)c2C)sc2c1CCC2. The molecule has 0 spiro atoms. The molecule has 0 aromatic carbocycles. The summed E-state index contributed by atoms with van der Waals surface area (Å²) in [7, 11) is 3.33. The second-order valence-corrected chi connectivity index (χ2v) is 7.70. The van der Waals surface area contributed by atoms with E-state index in [0.29, 0.717) is 10.7 Å². The summed E-state index contributed by atoms with van der Waals surface area (Å²) in [6, 6.07) is 0.0158. The fraction of sp³-hybridized carbons (Fsp3) is 0.471. The highest BCUT2D eigenvalue weighted by Gasteiger charge is 2.27. The van der Waals surface area contributed by atoms with E-state index >= 15 is 0 Å². The van der Waals surface area contributed by atoms with Gasteiger partial charge in [-0.05, 0) is 50.9 Å². The zero-order valence-electron chi connectivity index (χ0n) is 14.8. The fourth-order valence-corrected chi connectivity index (χ4v) is 4.79. The Morgan fingerprint density at radius 2 is 2.24 bits per heavy atom. The molecular weight excluding hydrogens is 356 g/mol. The second-order valence-electron chi connectivity index (χ2n) is 6.18. The number of rotatable bonds is 4. The Labute approximate surface area is 156 Å². The van der Waals surface area contributed by atoms with Crippen LogP contribution in [-0.4, -0.2) is 28.0 Å². The standard InChI is InChI=1S/C17H22N4O2S2/c1-9(12-8-18-21(3)10(12)2)19-17(24)20-15-14(16(22)23-4)11-6-5-7-13(11)25-15/h8-9H,5-7H2,1-4H3,(H2,19,20,24). The Bertz CT molecular complexity index is 825. The first-order chi connectivity index (χ1) is 11.9. The van der Waals surface area contributed by atoms with E-state index in [-0.39, 0.29) is 12.0 Å². The van der Waals surface area contributed by atoms with E-state index in [1.54, 1.807) is 11.3 Å². The molecule has 0 radical (unpaired) electrons. The number of aryl methyl sites for hydroxylation is 2. The third-order valence-corrected chi connectivity index (χ3v) is 6.05. The van der Waals surface area contributed by atoms with Gasteiger partial charge in [-0.2, -0.15) is 5.10 Å². The van der Waals surface area contributed by atoms with Crippen LogP contribution in [0.15, 0.2) is 6.20 Å². The third-order valence-electron chi connectivity index (χ3n) is 4.63. The van der Waals surface area contributed by atoms with Crippen LogP contribution < -0.4 is 10.6 Å². The summed E-state index contributed by atoms with van der Waals surface area (Å²) in [6.45, 7) is 4.06. The number of methoxy groups -OCH3 is 1. The van der Waals surface area contributed by atoms with Gasteiger partial charge in [-0.3, -0.25) is 4.68 Å². The van der Waals surface area contributed by atoms with E-state index in [9.17, 15) is 4.79 Å². The molecule has 2 heterocycles. The van der Waals surface area contributed by atoms with Crippen LogP contribution >= 0.6 is 23.6 Å². The molecule has 1 atom stereocenters. The summed E-state index contributed by atoms with van der Waals surface area (Å²) in [4.78, 5) is 13.4. The van der Waals surface area contributed by atoms with E-state index in [2.05, 4.69) is 15.7 Å². The van der Waals surface area contributed by atoms with Crippen LogP contribution in [0.5, 0.6) is 0 Å². The molecule has 25 heavy (non-hydrogen) atoms. The molecule has 1 aliphatic rings. The van der Waals surface area contributed by atoms with Gasteiger partial charge in [0.25, 0.3) is 0 Å². The van der Waals surface area contributed by atoms with E-state index < -0.39 is 0 Å². The summed E-state index contributed by atoms with van der Waals surface area (Å²) in [5.74, 6) is -0.305. The van der Waals surface area contributed by atoms with Crippen LogP contribution in [-0.2, 0) is 24.6 Å². The maximum absolute atomic E-state index is 12.2. The van der Waals surface area contributed by atoms with Gasteiger partial charge in [0.15, 0.2) is 5.11 Å². The normalized spacial score (nSPS) is 14.1. The molecule has 0 fully saturated rings. The summed E-state index contributed by atoms with van der Waals surface area (Å²) >= 11 is 7.05. The van der Waals surface area contributed by atoms with Crippen LogP contribution in [0.25, 0.3) is 0 Å². The molecule has 0 bridgehead atoms. The molecule has 3 rings (SSSR count). The van der Waals surface area contributed by atoms with Crippen molar-refractivity contribution in [1.82, 2.24) is 15.1 Å². The van der Waals surface area contributed by atoms with Crippen LogP contribution in [0.1, 0.15) is 51.4 Å². The minimum atomic E-state index is -0.305. The number of esters is 1. The van der Waals surface area contributed by atoms with Crippen LogP contribution in [0, 0.1) is 6.92 Å². The monoisotopic (exact) mass is 378 g/mol. The highest BCUT2D eigenvalue weighted by molar-refractivity contribution is 7.80. The van der Waals surface area contributed by atoms with Crippen molar-refractivity contribution < 1.29 is 9.53 Å². The molecule has 2 N–H and O–H groups in total. The van der Waals surface area contributed by atoms with Gasteiger partial charge in [-0.15, -0.1) is 11.3 Å². The van der Waals surface area contributed by atoms with Crippen molar-refractivity contribution in [2.24, 2.45) is 7.05 Å². The number of carbonyl (C=O) groups excluding carboxylic acids is 1. The summed E-state index contributed by atoms with van der Waals surface area (Å²) in [5.41, 5.74) is 3.93. The Morgan fingerprint density at radius 3 is 2.88 bits per heavy atom. The lowest BCUT2D eigenvalue weighted by Crippen LogP contribution is -2.31. The first-order valence-corrected chi connectivity index (χ1v) is 9.43. The lowest BCUT2D eigenvalue weighted by atomic mass is 10.1. The molecule has 1 unspecified atom stereocenters. The molecule has 1 aliphatic carbocycles. The molecule has 0 aliphatic heterocycles. The van der Waals surface area contributed by atoms with E-state index in [4.69, 9.17) is 17.0 Å². The number of fused-ring (bicyclic) bond motifs is 1. The topological polar surface area (TPSA) is 68.2 Å². The van der Waals surface area contributed by atoms with Crippen molar-refractivity contribution >= 4 is 39.6 Å². The van der Waals surface area contributed by atoms with Crippen molar-refractivity contribution in [2.75, 3.05) is 12.4 Å². The number of anilines is 1. The van der Waals surface area contributed by atoms with Gasteiger partial charge in [-0.1, -0.05) is 0 Å². The van der Waals surface area contributed by atoms with Crippen LogP contribution in [0.3, 0.4) is 0 Å². The number of thiocarbonyl (C=S) groups is 1. The number of ether oxygens (including phenoxy) is 1. The van der Waals surface area contributed by atoms with Gasteiger partial charge in [0, 0.05) is 23.2 Å². The zero-order valence-corrected chi connectivity index (χ0v) is 16.4. The summed E-state index contributed by atoms with van der Waals surface area (Å²) in [5, 5.41) is 12.0. The average molecular weight is 379 g/mol. The number of thiophene rings is 1. The van der Waals surface area contributed by atoms with Crippen molar-refractivity contribution in [3.05, 3.63) is 33.5 Å². The Kier molecular flexibility index (Phi) is 5.10. The number of carbonyl (C=O) groups is 1. The molecule has 134 valence electrons. The molecule has 2 aromatic rings. The third kappa shape index (κ3) is 3.41. The summed E-state index contributed by atoms with van der Waals surface area (Å²) < 4.78 is 6.80. The molecule has 2 aromatic heterocycles. The number of hydrogen-bond donors (Lipinski definition) is 2. The van der Waals surface area contributed by atoms with E-state index in [0.717, 1.165) is 41.1 Å². The molecule has 0 amide bonds. The Balaban J connectivity index is 1.75. The lowest BCUT2D eigenvalue weighted by Gasteiger charge is -2.17. The number of nitrogens with one attached hydrogen (secondary N) is 2. The minimum absolute atomic E-state index is 0.0158. The van der Waals surface area contributed by atoms with Crippen molar-refractivity contribution in [3.63, 3.8) is 0 Å².